The number of anilines is 2. The first kappa shape index (κ1) is 17.4. The summed E-state index contributed by atoms with van der Waals surface area (Å²) in [4.78, 5) is 29.7. The van der Waals surface area contributed by atoms with Crippen molar-refractivity contribution in [1.82, 2.24) is 14.8 Å². The Bertz CT molecular complexity index is 1140. The monoisotopic (exact) mass is 397 g/mol. The third-order valence-corrected chi connectivity index (χ3v) is 5.65. The Labute approximate surface area is 162 Å². The molecule has 136 valence electrons. The zero-order valence-electron chi connectivity index (χ0n) is 14.5. The lowest BCUT2D eigenvalue weighted by molar-refractivity contribution is 0.101. The number of thiophene rings is 1. The third kappa shape index (κ3) is 3.60. The zero-order chi connectivity index (χ0) is 19.0. The third-order valence-electron chi connectivity index (χ3n) is 3.85. The summed E-state index contributed by atoms with van der Waals surface area (Å²) in [5, 5.41) is 12.6. The van der Waals surface area contributed by atoms with Crippen LogP contribution < -0.4 is 10.6 Å². The predicted molar refractivity (Wildman–Crippen MR) is 108 cm³/mol. The van der Waals surface area contributed by atoms with Crippen LogP contribution in [0.15, 0.2) is 41.8 Å². The highest BCUT2D eigenvalue weighted by Crippen LogP contribution is 2.25. The van der Waals surface area contributed by atoms with Gasteiger partial charge >= 0.3 is 0 Å². The van der Waals surface area contributed by atoms with Gasteiger partial charge in [-0.1, -0.05) is 6.07 Å². The van der Waals surface area contributed by atoms with Crippen LogP contribution >= 0.6 is 22.7 Å². The van der Waals surface area contributed by atoms with E-state index >= 15 is 0 Å². The number of benzene rings is 1. The molecular formula is C18H15N5O2S2. The maximum atomic E-state index is 12.5. The maximum absolute atomic E-state index is 12.5. The summed E-state index contributed by atoms with van der Waals surface area (Å²) in [5.74, 6) is -0.124. The minimum atomic E-state index is -0.345. The van der Waals surface area contributed by atoms with E-state index in [4.69, 9.17) is 0 Å². The van der Waals surface area contributed by atoms with Crippen molar-refractivity contribution >= 4 is 56.2 Å². The van der Waals surface area contributed by atoms with E-state index in [9.17, 15) is 9.59 Å². The van der Waals surface area contributed by atoms with E-state index in [0.29, 0.717) is 16.4 Å². The van der Waals surface area contributed by atoms with Gasteiger partial charge in [0.05, 0.1) is 20.1 Å². The zero-order valence-corrected chi connectivity index (χ0v) is 16.1. The Morgan fingerprint density at radius 1 is 1.11 bits per heavy atom. The number of thiazole rings is 1. The number of aromatic nitrogens is 3. The second-order valence-corrected chi connectivity index (χ2v) is 8.02. The Hall–Kier alpha value is -3.04. The molecule has 0 aliphatic carbocycles. The number of nitrogens with zero attached hydrogens (tertiary/aromatic N) is 3. The van der Waals surface area contributed by atoms with Crippen molar-refractivity contribution in [2.45, 2.75) is 6.92 Å². The number of hydrogen-bond acceptors (Lipinski definition) is 6. The highest BCUT2D eigenvalue weighted by Gasteiger charge is 2.16. The number of carbonyl (C=O) groups excluding carboxylic acids is 2. The van der Waals surface area contributed by atoms with E-state index in [1.807, 2.05) is 36.6 Å². The topological polar surface area (TPSA) is 88.9 Å². The first-order chi connectivity index (χ1) is 13.0. The van der Waals surface area contributed by atoms with Gasteiger partial charge in [-0.2, -0.15) is 5.10 Å². The summed E-state index contributed by atoms with van der Waals surface area (Å²) >= 11 is 2.92. The molecule has 2 N–H and O–H groups in total. The van der Waals surface area contributed by atoms with Gasteiger partial charge in [-0.25, -0.2) is 4.98 Å². The first-order valence-electron chi connectivity index (χ1n) is 8.07. The fourth-order valence-corrected chi connectivity index (χ4v) is 4.08. The van der Waals surface area contributed by atoms with Crippen molar-refractivity contribution in [3.05, 3.63) is 57.4 Å². The molecular weight excluding hydrogens is 382 g/mol. The molecule has 4 rings (SSSR count). The van der Waals surface area contributed by atoms with Crippen molar-refractivity contribution in [1.29, 1.82) is 0 Å². The van der Waals surface area contributed by atoms with E-state index in [-0.39, 0.29) is 17.5 Å². The molecule has 0 radical (unpaired) electrons. The van der Waals surface area contributed by atoms with Gasteiger partial charge in [-0.15, -0.1) is 22.7 Å². The van der Waals surface area contributed by atoms with Gasteiger partial charge < -0.3 is 10.6 Å². The smallest absolute Gasteiger partial charge is 0.276 e. The Morgan fingerprint density at radius 3 is 2.74 bits per heavy atom. The lowest BCUT2D eigenvalue weighted by Crippen LogP contribution is -2.13. The number of aryl methyl sites for hydroxylation is 2. The summed E-state index contributed by atoms with van der Waals surface area (Å²) in [7, 11) is 1.67. The van der Waals surface area contributed by atoms with E-state index in [1.165, 1.54) is 16.0 Å². The molecule has 0 unspecified atom stereocenters. The standard InChI is InChI=1S/C18H15N5O2S2/c1-10-19-12-6-5-11(8-15(12)27-10)20-17(24)13-9-16(23(2)22-13)21-18(25)14-4-3-7-26-14/h3-9H,1-2H3,(H,20,24)(H,21,25). The van der Waals surface area contributed by atoms with Gasteiger partial charge in [0.25, 0.3) is 11.8 Å². The lowest BCUT2D eigenvalue weighted by Gasteiger charge is -2.02. The molecule has 0 fully saturated rings. The van der Waals surface area contributed by atoms with E-state index < -0.39 is 0 Å². The second-order valence-electron chi connectivity index (χ2n) is 5.84. The largest absolute Gasteiger partial charge is 0.321 e. The molecule has 9 heteroatoms. The molecule has 1 aromatic carbocycles. The first-order valence-corrected chi connectivity index (χ1v) is 9.76. The normalized spacial score (nSPS) is 10.9. The summed E-state index contributed by atoms with van der Waals surface area (Å²) in [5.41, 5.74) is 1.80. The Kier molecular flexibility index (Phi) is 4.46. The second kappa shape index (κ2) is 6.93. The molecule has 0 bridgehead atoms. The Morgan fingerprint density at radius 2 is 1.96 bits per heavy atom. The number of hydrogen-bond donors (Lipinski definition) is 2. The molecule has 2 amide bonds. The number of amides is 2. The van der Waals surface area contributed by atoms with Crippen LogP contribution in [-0.2, 0) is 7.05 Å². The van der Waals surface area contributed by atoms with Crippen LogP contribution in [-0.4, -0.2) is 26.6 Å². The molecule has 0 saturated heterocycles. The predicted octanol–water partition coefficient (Wildman–Crippen LogP) is 3.90. The van der Waals surface area contributed by atoms with Gasteiger partial charge in [0, 0.05) is 18.8 Å². The van der Waals surface area contributed by atoms with Gasteiger partial charge in [0.1, 0.15) is 5.82 Å². The molecule has 27 heavy (non-hydrogen) atoms. The van der Waals surface area contributed by atoms with Crippen LogP contribution in [0, 0.1) is 6.92 Å². The molecule has 0 aliphatic heterocycles. The van der Waals surface area contributed by atoms with Crippen molar-refractivity contribution in [3.8, 4) is 0 Å². The SMILES string of the molecule is Cc1nc2ccc(NC(=O)c3cc(NC(=O)c4cccs4)n(C)n3)cc2s1. The quantitative estimate of drug-likeness (QED) is 0.546. The van der Waals surface area contributed by atoms with Crippen molar-refractivity contribution in [2.75, 3.05) is 10.6 Å². The van der Waals surface area contributed by atoms with Gasteiger partial charge in [0.2, 0.25) is 0 Å². The Balaban J connectivity index is 1.50. The summed E-state index contributed by atoms with van der Waals surface area (Å²) in [6, 6.07) is 10.7. The fourth-order valence-electron chi connectivity index (χ4n) is 2.59. The molecule has 0 atom stereocenters. The molecule has 3 heterocycles. The van der Waals surface area contributed by atoms with Crippen LogP contribution in [0.1, 0.15) is 25.2 Å². The molecule has 0 aliphatic rings. The van der Waals surface area contributed by atoms with E-state index in [2.05, 4.69) is 20.7 Å². The number of carbonyl (C=O) groups is 2. The van der Waals surface area contributed by atoms with E-state index in [0.717, 1.165) is 15.2 Å². The summed E-state index contributed by atoms with van der Waals surface area (Å²) in [6.45, 7) is 1.95. The van der Waals surface area contributed by atoms with Crippen molar-refractivity contribution in [2.24, 2.45) is 7.05 Å². The number of fused-ring (bicyclic) bond motifs is 1. The number of nitrogens with one attached hydrogen (secondary N) is 2. The van der Waals surface area contributed by atoms with Crippen LogP contribution in [0.25, 0.3) is 10.2 Å². The fraction of sp³-hybridized carbons (Fsp3) is 0.111. The van der Waals surface area contributed by atoms with Gasteiger partial charge in [0.15, 0.2) is 5.69 Å². The van der Waals surface area contributed by atoms with Crippen LogP contribution in [0.5, 0.6) is 0 Å². The average Bonchev–Trinajstić information content (AvgIpc) is 3.34. The minimum Gasteiger partial charge on any atom is -0.321 e. The molecule has 7 nitrogen and oxygen atoms in total. The molecule has 0 saturated carbocycles. The summed E-state index contributed by atoms with van der Waals surface area (Å²) in [6.07, 6.45) is 0. The summed E-state index contributed by atoms with van der Waals surface area (Å²) < 4.78 is 2.48. The lowest BCUT2D eigenvalue weighted by atomic mass is 10.3. The minimum absolute atomic E-state index is 0.222. The van der Waals surface area contributed by atoms with Crippen LogP contribution in [0.2, 0.25) is 0 Å². The average molecular weight is 397 g/mol. The molecule has 0 spiro atoms. The van der Waals surface area contributed by atoms with Crippen molar-refractivity contribution < 1.29 is 9.59 Å². The highest BCUT2D eigenvalue weighted by molar-refractivity contribution is 7.18. The van der Waals surface area contributed by atoms with Crippen LogP contribution in [0.3, 0.4) is 0 Å². The van der Waals surface area contributed by atoms with Crippen molar-refractivity contribution in [3.63, 3.8) is 0 Å². The van der Waals surface area contributed by atoms with Gasteiger partial charge in [-0.3, -0.25) is 14.3 Å². The maximum Gasteiger partial charge on any atom is 0.276 e. The highest BCUT2D eigenvalue weighted by atomic mass is 32.1. The molecule has 3 aromatic heterocycles. The molecule has 4 aromatic rings. The van der Waals surface area contributed by atoms with E-state index in [1.54, 1.807) is 30.5 Å². The van der Waals surface area contributed by atoms with Crippen LogP contribution in [0.4, 0.5) is 11.5 Å². The van der Waals surface area contributed by atoms with Gasteiger partial charge in [-0.05, 0) is 36.6 Å². The number of rotatable bonds is 4.